The van der Waals surface area contributed by atoms with Crippen molar-refractivity contribution in [3.63, 3.8) is 0 Å². The molecular formula is C18H22O4. The molecule has 0 saturated heterocycles. The van der Waals surface area contributed by atoms with E-state index in [1.54, 1.807) is 0 Å². The summed E-state index contributed by atoms with van der Waals surface area (Å²) in [6.45, 7) is 2.89. The van der Waals surface area contributed by atoms with E-state index in [2.05, 4.69) is 12.1 Å². The van der Waals surface area contributed by atoms with Gasteiger partial charge in [0.25, 0.3) is 0 Å². The van der Waals surface area contributed by atoms with Crippen molar-refractivity contribution >= 4 is 11.9 Å². The van der Waals surface area contributed by atoms with Gasteiger partial charge < -0.3 is 9.47 Å². The first kappa shape index (κ1) is 15.1. The van der Waals surface area contributed by atoms with Gasteiger partial charge in [-0.2, -0.15) is 0 Å². The first-order valence-corrected chi connectivity index (χ1v) is 7.98. The maximum Gasteiger partial charge on any atom is 0.302 e. The number of ether oxygens (including phenoxy) is 2. The zero-order valence-electron chi connectivity index (χ0n) is 13.1. The summed E-state index contributed by atoms with van der Waals surface area (Å²) in [5.74, 6) is -0.273. The highest BCUT2D eigenvalue weighted by Crippen LogP contribution is 2.45. The lowest BCUT2D eigenvalue weighted by molar-refractivity contribution is -0.157. The molecule has 22 heavy (non-hydrogen) atoms. The van der Waals surface area contributed by atoms with Crippen LogP contribution >= 0.6 is 0 Å². The molecule has 0 aliphatic heterocycles. The van der Waals surface area contributed by atoms with Gasteiger partial charge in [0.15, 0.2) is 0 Å². The van der Waals surface area contributed by atoms with Crippen LogP contribution in [0.1, 0.15) is 50.2 Å². The molecule has 0 heterocycles. The summed E-state index contributed by atoms with van der Waals surface area (Å²) in [5, 5.41) is 0. The molecule has 1 aromatic rings. The van der Waals surface area contributed by atoms with Crippen molar-refractivity contribution in [1.82, 2.24) is 0 Å². The van der Waals surface area contributed by atoms with E-state index in [0.717, 1.165) is 31.2 Å². The van der Waals surface area contributed by atoms with Crippen LogP contribution in [-0.4, -0.2) is 24.1 Å². The number of esters is 2. The largest absolute Gasteiger partial charge is 0.462 e. The third-order valence-electron chi connectivity index (χ3n) is 4.80. The second-order valence-corrected chi connectivity index (χ2v) is 6.34. The second-order valence-electron chi connectivity index (χ2n) is 6.34. The number of benzene rings is 1. The molecule has 2 aliphatic rings. The number of rotatable bonds is 2. The van der Waals surface area contributed by atoms with Gasteiger partial charge in [-0.15, -0.1) is 0 Å². The fraction of sp³-hybridized carbons (Fsp3) is 0.556. The Morgan fingerprint density at radius 2 is 1.77 bits per heavy atom. The molecule has 0 N–H and O–H groups in total. The molecule has 1 aromatic carbocycles. The third kappa shape index (κ3) is 2.87. The van der Waals surface area contributed by atoms with Crippen LogP contribution in [0.25, 0.3) is 0 Å². The molecule has 0 radical (unpaired) electrons. The van der Waals surface area contributed by atoms with E-state index in [4.69, 9.17) is 9.47 Å². The van der Waals surface area contributed by atoms with Crippen LogP contribution in [-0.2, 0) is 25.5 Å². The van der Waals surface area contributed by atoms with Crippen LogP contribution in [0.2, 0.25) is 0 Å². The molecule has 0 spiro atoms. The van der Waals surface area contributed by atoms with Crippen molar-refractivity contribution in [2.75, 3.05) is 0 Å². The molecule has 2 bridgehead atoms. The van der Waals surface area contributed by atoms with Crippen molar-refractivity contribution in [1.29, 1.82) is 0 Å². The van der Waals surface area contributed by atoms with Gasteiger partial charge >= 0.3 is 11.9 Å². The van der Waals surface area contributed by atoms with Gasteiger partial charge in [-0.3, -0.25) is 9.59 Å². The predicted octanol–water partition coefficient (Wildman–Crippen LogP) is 2.99. The zero-order chi connectivity index (χ0) is 15.7. The monoisotopic (exact) mass is 302 g/mol. The second kappa shape index (κ2) is 6.11. The molecule has 2 aliphatic carbocycles. The van der Waals surface area contributed by atoms with Gasteiger partial charge in [0, 0.05) is 19.8 Å². The molecule has 4 nitrogen and oxygen atoms in total. The van der Waals surface area contributed by atoms with Crippen molar-refractivity contribution < 1.29 is 19.1 Å². The van der Waals surface area contributed by atoms with Crippen LogP contribution < -0.4 is 0 Å². The highest BCUT2D eigenvalue weighted by Gasteiger charge is 2.45. The van der Waals surface area contributed by atoms with Gasteiger partial charge in [-0.1, -0.05) is 24.3 Å². The van der Waals surface area contributed by atoms with E-state index in [0.29, 0.717) is 5.92 Å². The number of carbonyl (C=O) groups is 2. The standard InChI is InChI=1S/C18H22O4/c1-11(19)21-16-9-5-7-14-10-13-6-3-4-8-15(13)17(16)18(14)22-12(2)20/h3-4,6,8,14,16-18H,5,7,9-10H2,1-2H3/t14-,16+,17-,18+/m1/s1. The fourth-order valence-corrected chi connectivity index (χ4v) is 4.06. The van der Waals surface area contributed by atoms with Gasteiger partial charge in [-0.25, -0.2) is 0 Å². The summed E-state index contributed by atoms with van der Waals surface area (Å²) in [6, 6.07) is 8.25. The lowest BCUT2D eigenvalue weighted by Crippen LogP contribution is -2.42. The number of hydrogen-bond donors (Lipinski definition) is 0. The molecule has 1 fully saturated rings. The minimum absolute atomic E-state index is 0.0507. The van der Waals surface area contributed by atoms with Crippen molar-refractivity contribution in [3.05, 3.63) is 35.4 Å². The average molecular weight is 302 g/mol. The minimum Gasteiger partial charge on any atom is -0.462 e. The molecular weight excluding hydrogens is 280 g/mol. The van der Waals surface area contributed by atoms with Gasteiger partial charge in [0.2, 0.25) is 0 Å². The van der Waals surface area contributed by atoms with Crippen molar-refractivity contribution in [2.45, 2.75) is 57.7 Å². The first-order valence-electron chi connectivity index (χ1n) is 7.98. The third-order valence-corrected chi connectivity index (χ3v) is 4.80. The molecule has 0 aromatic heterocycles. The van der Waals surface area contributed by atoms with Crippen molar-refractivity contribution in [2.24, 2.45) is 5.92 Å². The Hall–Kier alpha value is -1.84. The molecule has 4 atom stereocenters. The maximum atomic E-state index is 11.6. The van der Waals surface area contributed by atoms with Gasteiger partial charge in [0.1, 0.15) is 12.2 Å². The van der Waals surface area contributed by atoms with Crippen molar-refractivity contribution in [3.8, 4) is 0 Å². The minimum atomic E-state index is -0.270. The summed E-state index contributed by atoms with van der Waals surface area (Å²) >= 11 is 0. The molecule has 118 valence electrons. The fourth-order valence-electron chi connectivity index (χ4n) is 4.06. The van der Waals surface area contributed by atoms with E-state index in [1.807, 2.05) is 12.1 Å². The Kier molecular flexibility index (Phi) is 4.19. The summed E-state index contributed by atoms with van der Waals surface area (Å²) in [5.41, 5.74) is 2.46. The van der Waals surface area contributed by atoms with Crippen LogP contribution in [0.5, 0.6) is 0 Å². The molecule has 0 amide bonds. The Labute approximate surface area is 130 Å². The summed E-state index contributed by atoms with van der Waals surface area (Å²) < 4.78 is 11.3. The zero-order valence-corrected chi connectivity index (χ0v) is 13.1. The average Bonchev–Trinajstić information content (AvgIpc) is 2.55. The van der Waals surface area contributed by atoms with E-state index in [-0.39, 0.29) is 30.1 Å². The molecule has 1 saturated carbocycles. The quantitative estimate of drug-likeness (QED) is 0.788. The topological polar surface area (TPSA) is 52.6 Å². The van der Waals surface area contributed by atoms with Crippen LogP contribution in [0.4, 0.5) is 0 Å². The van der Waals surface area contributed by atoms with E-state index < -0.39 is 0 Å². The predicted molar refractivity (Wildman–Crippen MR) is 81.3 cm³/mol. The normalized spacial score (nSPS) is 29.9. The Morgan fingerprint density at radius 1 is 1.05 bits per heavy atom. The Balaban J connectivity index is 2.03. The van der Waals surface area contributed by atoms with Gasteiger partial charge in [-0.05, 0) is 36.8 Å². The SMILES string of the molecule is CC(=O)O[C@H]1[C@@H]2CCC[C@H](OC(C)=O)[C@H]1c1ccccc1C2. The van der Waals surface area contributed by atoms with Crippen LogP contribution in [0, 0.1) is 5.92 Å². The van der Waals surface area contributed by atoms with E-state index in [1.165, 1.54) is 19.4 Å². The number of hydrogen-bond acceptors (Lipinski definition) is 4. The highest BCUT2D eigenvalue weighted by atomic mass is 16.6. The van der Waals surface area contributed by atoms with Gasteiger partial charge in [0.05, 0.1) is 5.92 Å². The number of carbonyl (C=O) groups excluding carboxylic acids is 2. The summed E-state index contributed by atoms with van der Waals surface area (Å²) in [6.07, 6.45) is 3.34. The Bertz CT molecular complexity index is 580. The number of fused-ring (bicyclic) bond motifs is 4. The van der Waals surface area contributed by atoms with Crippen LogP contribution in [0.15, 0.2) is 24.3 Å². The Morgan fingerprint density at radius 3 is 2.50 bits per heavy atom. The summed E-state index contributed by atoms with van der Waals surface area (Å²) in [7, 11) is 0. The lowest BCUT2D eigenvalue weighted by Gasteiger charge is -2.39. The lowest BCUT2D eigenvalue weighted by atomic mass is 9.73. The highest BCUT2D eigenvalue weighted by molar-refractivity contribution is 5.67. The van der Waals surface area contributed by atoms with Crippen LogP contribution in [0.3, 0.4) is 0 Å². The van der Waals surface area contributed by atoms with E-state index >= 15 is 0 Å². The van der Waals surface area contributed by atoms with E-state index in [9.17, 15) is 9.59 Å². The maximum absolute atomic E-state index is 11.6. The smallest absolute Gasteiger partial charge is 0.302 e. The molecule has 4 heteroatoms. The molecule has 0 unspecified atom stereocenters. The first-order chi connectivity index (χ1) is 10.6. The molecule has 3 rings (SSSR count). The summed E-state index contributed by atoms with van der Waals surface area (Å²) in [4.78, 5) is 23.1.